The molecule has 1 saturated heterocycles. The summed E-state index contributed by atoms with van der Waals surface area (Å²) in [5, 5.41) is 0. The van der Waals surface area contributed by atoms with Crippen molar-refractivity contribution < 1.29 is 18.8 Å². The quantitative estimate of drug-likeness (QED) is 0.506. The van der Waals surface area contributed by atoms with Crippen LogP contribution < -0.4 is 4.90 Å². The van der Waals surface area contributed by atoms with Gasteiger partial charge in [0.05, 0.1) is 12.1 Å². The smallest absolute Gasteiger partial charge is 0.180 e. The molecule has 1 spiro atoms. The fourth-order valence-corrected chi connectivity index (χ4v) is 6.27. The van der Waals surface area contributed by atoms with Crippen molar-refractivity contribution in [3.63, 3.8) is 0 Å². The second kappa shape index (κ2) is 7.07. The zero-order valence-corrected chi connectivity index (χ0v) is 18.8. The number of aryl methyl sites for hydroxylation is 1. The molecular weight excluding hydrogens is 429 g/mol. The highest BCUT2D eigenvalue weighted by molar-refractivity contribution is 6.32. The first-order chi connectivity index (χ1) is 16.4. The largest absolute Gasteiger partial charge is 0.352 e. The number of fused-ring (bicyclic) bond motifs is 5. The zero-order valence-electron chi connectivity index (χ0n) is 18.8. The van der Waals surface area contributed by atoms with Crippen LogP contribution in [0.3, 0.4) is 0 Å². The van der Waals surface area contributed by atoms with Gasteiger partial charge in [-0.15, -0.1) is 0 Å². The van der Waals surface area contributed by atoms with Gasteiger partial charge in [0.25, 0.3) is 0 Å². The third-order valence-electron chi connectivity index (χ3n) is 7.61. The maximum absolute atomic E-state index is 14.2. The third-order valence-corrected chi connectivity index (χ3v) is 7.61. The Morgan fingerprint density at radius 3 is 2.21 bits per heavy atom. The van der Waals surface area contributed by atoms with Crippen molar-refractivity contribution in [2.45, 2.75) is 31.8 Å². The summed E-state index contributed by atoms with van der Waals surface area (Å²) in [6.07, 6.45) is 3.82. The van der Waals surface area contributed by atoms with Crippen LogP contribution in [0.2, 0.25) is 0 Å². The fraction of sp³-hybridized carbons (Fsp3) is 0.207. The first kappa shape index (κ1) is 20.7. The summed E-state index contributed by atoms with van der Waals surface area (Å²) in [6.45, 7) is 3.48. The number of nitrogens with zero attached hydrogens (tertiary/aromatic N) is 1. The van der Waals surface area contributed by atoms with Crippen LogP contribution in [0.25, 0.3) is 6.08 Å². The number of carbonyl (C=O) groups is 3. The topological polar surface area (TPSA) is 54.5 Å². The molecule has 3 aromatic carbocycles. The summed E-state index contributed by atoms with van der Waals surface area (Å²) >= 11 is 0. The van der Waals surface area contributed by atoms with Crippen molar-refractivity contribution in [1.82, 2.24) is 0 Å². The highest BCUT2D eigenvalue weighted by atomic mass is 19.1. The minimum absolute atomic E-state index is 0.143. The van der Waals surface area contributed by atoms with E-state index >= 15 is 0 Å². The van der Waals surface area contributed by atoms with Crippen LogP contribution in [0.5, 0.6) is 0 Å². The lowest BCUT2D eigenvalue weighted by molar-refractivity contribution is -0.118. The molecule has 0 aromatic heterocycles. The summed E-state index contributed by atoms with van der Waals surface area (Å²) < 4.78 is 13.9. The highest BCUT2D eigenvalue weighted by Crippen LogP contribution is 2.60. The van der Waals surface area contributed by atoms with Gasteiger partial charge >= 0.3 is 0 Å². The number of hydrogen-bond donors (Lipinski definition) is 0. The van der Waals surface area contributed by atoms with Crippen molar-refractivity contribution >= 4 is 29.1 Å². The van der Waals surface area contributed by atoms with Gasteiger partial charge in [-0.3, -0.25) is 14.4 Å². The maximum atomic E-state index is 14.2. The maximum Gasteiger partial charge on any atom is 0.180 e. The standard InChI is InChI=1S/C29H22FNO3/c1-16-7-8-18-11-14-24-29(27(33)21-5-3-4-6-22(21)28(29)34)25(19-9-12-20(30)13-10-19)26(17(2)32)31(24)23(18)15-16/h3-15,24-26H,1-2H3/t24-,25-,26-/m1/s1. The monoisotopic (exact) mass is 451 g/mol. The Morgan fingerprint density at radius 2 is 1.59 bits per heavy atom. The molecule has 2 aliphatic heterocycles. The minimum atomic E-state index is -1.52. The Morgan fingerprint density at radius 1 is 0.941 bits per heavy atom. The van der Waals surface area contributed by atoms with E-state index in [0.717, 1.165) is 16.8 Å². The van der Waals surface area contributed by atoms with E-state index in [0.29, 0.717) is 16.7 Å². The molecule has 0 amide bonds. The minimum Gasteiger partial charge on any atom is -0.352 e. The van der Waals surface area contributed by atoms with Crippen molar-refractivity contribution in [3.05, 3.63) is 106 Å². The number of anilines is 1. The molecule has 0 unspecified atom stereocenters. The molecule has 34 heavy (non-hydrogen) atoms. The summed E-state index contributed by atoms with van der Waals surface area (Å²) in [5.74, 6) is -1.88. The number of rotatable bonds is 2. The lowest BCUT2D eigenvalue weighted by Crippen LogP contribution is -2.48. The Balaban J connectivity index is 1.69. The molecule has 3 atom stereocenters. The van der Waals surface area contributed by atoms with E-state index in [1.165, 1.54) is 19.1 Å². The second-order valence-corrected chi connectivity index (χ2v) is 9.43. The summed E-state index contributed by atoms with van der Waals surface area (Å²) in [4.78, 5) is 43.7. The van der Waals surface area contributed by atoms with Gasteiger partial charge in [-0.1, -0.05) is 60.7 Å². The molecule has 1 fully saturated rings. The summed E-state index contributed by atoms with van der Waals surface area (Å²) in [6, 6.07) is 17.3. The van der Waals surface area contributed by atoms with Crippen molar-refractivity contribution in [3.8, 4) is 0 Å². The molecule has 0 N–H and O–H groups in total. The van der Waals surface area contributed by atoms with E-state index in [1.54, 1.807) is 36.4 Å². The lowest BCUT2D eigenvalue weighted by atomic mass is 9.64. The van der Waals surface area contributed by atoms with Crippen LogP contribution in [0, 0.1) is 18.2 Å². The van der Waals surface area contributed by atoms with E-state index in [-0.39, 0.29) is 17.3 Å². The highest BCUT2D eigenvalue weighted by Gasteiger charge is 2.71. The molecule has 3 aromatic rings. The summed E-state index contributed by atoms with van der Waals surface area (Å²) in [7, 11) is 0. The van der Waals surface area contributed by atoms with Gasteiger partial charge < -0.3 is 4.90 Å². The van der Waals surface area contributed by atoms with Crippen LogP contribution in [0.15, 0.2) is 72.8 Å². The first-order valence-corrected chi connectivity index (χ1v) is 11.4. The van der Waals surface area contributed by atoms with Gasteiger partial charge in [-0.25, -0.2) is 4.39 Å². The first-order valence-electron chi connectivity index (χ1n) is 11.4. The molecule has 2 heterocycles. The Labute approximate surface area is 196 Å². The Kier molecular flexibility index (Phi) is 4.31. The predicted molar refractivity (Wildman–Crippen MR) is 128 cm³/mol. The number of halogens is 1. The number of carbonyl (C=O) groups excluding carboxylic acids is 3. The van der Waals surface area contributed by atoms with E-state index in [4.69, 9.17) is 0 Å². The molecule has 5 heteroatoms. The number of benzene rings is 3. The van der Waals surface area contributed by atoms with Crippen LogP contribution in [0.1, 0.15) is 50.2 Å². The van der Waals surface area contributed by atoms with Crippen LogP contribution in [0.4, 0.5) is 10.1 Å². The normalized spacial score (nSPS) is 23.7. The average molecular weight is 451 g/mol. The van der Waals surface area contributed by atoms with Gasteiger partial charge in [0.2, 0.25) is 0 Å². The number of hydrogen-bond acceptors (Lipinski definition) is 4. The number of Topliss-reactive ketones (excluding diaryl/α,β-unsaturated/α-hetero) is 3. The molecular formula is C29H22FNO3. The van der Waals surface area contributed by atoms with E-state index in [2.05, 4.69) is 0 Å². The number of ketones is 3. The zero-order chi connectivity index (χ0) is 23.8. The van der Waals surface area contributed by atoms with E-state index in [1.807, 2.05) is 42.2 Å². The molecule has 6 rings (SSSR count). The lowest BCUT2D eigenvalue weighted by Gasteiger charge is -2.37. The van der Waals surface area contributed by atoms with Gasteiger partial charge in [-0.05, 0) is 48.7 Å². The Bertz CT molecular complexity index is 1390. The molecule has 0 saturated carbocycles. The molecule has 1 aliphatic carbocycles. The van der Waals surface area contributed by atoms with Crippen molar-refractivity contribution in [2.24, 2.45) is 5.41 Å². The van der Waals surface area contributed by atoms with Gasteiger partial charge in [0.15, 0.2) is 17.3 Å². The molecule has 3 aliphatic rings. The van der Waals surface area contributed by atoms with Crippen LogP contribution in [-0.2, 0) is 4.79 Å². The van der Waals surface area contributed by atoms with Crippen LogP contribution in [-0.4, -0.2) is 29.4 Å². The Hall–Kier alpha value is -3.86. The summed E-state index contributed by atoms with van der Waals surface area (Å²) in [5.41, 5.74) is 2.62. The van der Waals surface area contributed by atoms with Gasteiger partial charge in [0, 0.05) is 22.7 Å². The fourth-order valence-electron chi connectivity index (χ4n) is 6.27. The van der Waals surface area contributed by atoms with Crippen molar-refractivity contribution in [2.75, 3.05) is 4.90 Å². The van der Waals surface area contributed by atoms with Gasteiger partial charge in [-0.2, -0.15) is 0 Å². The molecule has 4 nitrogen and oxygen atoms in total. The molecule has 0 bridgehead atoms. The van der Waals surface area contributed by atoms with Crippen molar-refractivity contribution in [1.29, 1.82) is 0 Å². The van der Waals surface area contributed by atoms with E-state index < -0.39 is 29.2 Å². The average Bonchev–Trinajstić information content (AvgIpc) is 3.27. The SMILES string of the molecule is CC(=O)[C@@H]1[C@@H](c2ccc(F)cc2)C2(C(=O)c3ccccc3C2=O)[C@H]2C=Cc3ccc(C)cc3N12. The molecule has 0 radical (unpaired) electrons. The van der Waals surface area contributed by atoms with Gasteiger partial charge in [0.1, 0.15) is 11.2 Å². The van der Waals surface area contributed by atoms with Crippen LogP contribution >= 0.6 is 0 Å². The predicted octanol–water partition coefficient (Wildman–Crippen LogP) is 5.16. The van der Waals surface area contributed by atoms with E-state index in [9.17, 15) is 18.8 Å². The molecule has 168 valence electrons. The second-order valence-electron chi connectivity index (χ2n) is 9.43. The third kappa shape index (κ3) is 2.50.